The maximum Gasteiger partial charge on any atom is 0.243 e. The third-order valence-electron chi connectivity index (χ3n) is 4.11. The van der Waals surface area contributed by atoms with Gasteiger partial charge in [-0.1, -0.05) is 0 Å². The highest BCUT2D eigenvalue weighted by atomic mass is 32.2. The van der Waals surface area contributed by atoms with Gasteiger partial charge in [0, 0.05) is 32.6 Å². The van der Waals surface area contributed by atoms with Gasteiger partial charge in [-0.15, -0.1) is 0 Å². The molecule has 134 valence electrons. The molecule has 1 aliphatic rings. The molecule has 0 bridgehead atoms. The first-order valence-corrected chi connectivity index (χ1v) is 9.49. The van der Waals surface area contributed by atoms with Crippen LogP contribution in [-0.2, 0) is 14.8 Å². The van der Waals surface area contributed by atoms with Gasteiger partial charge in [0.15, 0.2) is 0 Å². The first-order chi connectivity index (χ1) is 11.5. The molecule has 1 heterocycles. The van der Waals surface area contributed by atoms with Crippen molar-refractivity contribution < 1.29 is 17.9 Å². The molecule has 7 nitrogen and oxygen atoms in total. The Balaban J connectivity index is 1.94. The number of hydrogen-bond donors (Lipinski definition) is 1. The van der Waals surface area contributed by atoms with Gasteiger partial charge < -0.3 is 15.0 Å². The lowest BCUT2D eigenvalue weighted by atomic mass is 10.2. The molecule has 1 saturated heterocycles. The number of hydrogen-bond acceptors (Lipinski definition) is 5. The second-order valence-electron chi connectivity index (χ2n) is 5.67. The third kappa shape index (κ3) is 4.46. The van der Waals surface area contributed by atoms with E-state index >= 15 is 0 Å². The van der Waals surface area contributed by atoms with Gasteiger partial charge in [0.05, 0.1) is 12.0 Å². The Bertz CT molecular complexity index is 638. The third-order valence-corrected chi connectivity index (χ3v) is 6.02. The van der Waals surface area contributed by atoms with Gasteiger partial charge in [0.25, 0.3) is 0 Å². The Hall–Kier alpha value is -1.64. The van der Waals surface area contributed by atoms with E-state index in [0.29, 0.717) is 38.3 Å². The minimum Gasteiger partial charge on any atom is -0.497 e. The van der Waals surface area contributed by atoms with E-state index in [4.69, 9.17) is 4.74 Å². The lowest BCUT2D eigenvalue weighted by Crippen LogP contribution is -2.50. The summed E-state index contributed by atoms with van der Waals surface area (Å²) in [5.74, 6) is 0.706. The highest BCUT2D eigenvalue weighted by molar-refractivity contribution is 7.89. The predicted octanol–water partition coefficient (Wildman–Crippen LogP) is 0.528. The first kappa shape index (κ1) is 18.7. The molecule has 0 aliphatic carbocycles. The standard InChI is InChI=1S/C16H25N3O4S/c1-17-9-3-4-16(20)18-10-12-19(13-11-18)24(21,22)15-7-5-14(23-2)6-8-15/h5-8,17H,3-4,9-13H2,1-2H3. The van der Waals surface area contributed by atoms with Gasteiger partial charge in [0.1, 0.15) is 5.75 Å². The SMILES string of the molecule is CNCCCC(=O)N1CCN(S(=O)(=O)c2ccc(OC)cc2)CC1. The molecule has 1 fully saturated rings. The van der Waals surface area contributed by atoms with Crippen LogP contribution in [0.25, 0.3) is 0 Å². The molecular weight excluding hydrogens is 330 g/mol. The number of rotatable bonds is 7. The number of nitrogens with one attached hydrogen (secondary N) is 1. The molecule has 1 aliphatic heterocycles. The van der Waals surface area contributed by atoms with E-state index in [1.54, 1.807) is 29.2 Å². The highest BCUT2D eigenvalue weighted by Gasteiger charge is 2.29. The normalized spacial score (nSPS) is 16.2. The molecule has 0 saturated carbocycles. The molecule has 0 spiro atoms. The van der Waals surface area contributed by atoms with Crippen LogP contribution in [0.2, 0.25) is 0 Å². The second-order valence-corrected chi connectivity index (χ2v) is 7.61. The van der Waals surface area contributed by atoms with Gasteiger partial charge >= 0.3 is 0 Å². The van der Waals surface area contributed by atoms with Crippen LogP contribution in [0.4, 0.5) is 0 Å². The summed E-state index contributed by atoms with van der Waals surface area (Å²) in [6, 6.07) is 6.36. The number of methoxy groups -OCH3 is 1. The fourth-order valence-corrected chi connectivity index (χ4v) is 4.07. The summed E-state index contributed by atoms with van der Waals surface area (Å²) in [7, 11) is -0.135. The Morgan fingerprint density at radius 3 is 2.33 bits per heavy atom. The summed E-state index contributed by atoms with van der Waals surface area (Å²) in [5.41, 5.74) is 0. The fraction of sp³-hybridized carbons (Fsp3) is 0.562. The number of ether oxygens (including phenoxy) is 1. The van der Waals surface area contributed by atoms with Crippen molar-refractivity contribution >= 4 is 15.9 Å². The Labute approximate surface area is 143 Å². The van der Waals surface area contributed by atoms with Crippen LogP contribution in [0.3, 0.4) is 0 Å². The molecule has 24 heavy (non-hydrogen) atoms. The Kier molecular flexibility index (Phi) is 6.59. The van der Waals surface area contributed by atoms with Gasteiger partial charge in [-0.25, -0.2) is 8.42 Å². The van der Waals surface area contributed by atoms with E-state index in [0.717, 1.165) is 13.0 Å². The predicted molar refractivity (Wildman–Crippen MR) is 91.5 cm³/mol. The number of piperazine rings is 1. The molecule has 1 aromatic rings. The van der Waals surface area contributed by atoms with E-state index in [1.807, 2.05) is 7.05 Å². The Morgan fingerprint density at radius 1 is 1.17 bits per heavy atom. The first-order valence-electron chi connectivity index (χ1n) is 8.05. The van der Waals surface area contributed by atoms with Gasteiger partial charge in [-0.2, -0.15) is 4.31 Å². The number of nitrogens with zero attached hydrogens (tertiary/aromatic N) is 2. The molecule has 2 rings (SSSR count). The van der Waals surface area contributed by atoms with Crippen molar-refractivity contribution in [1.82, 2.24) is 14.5 Å². The molecule has 1 aromatic carbocycles. The molecule has 0 aromatic heterocycles. The summed E-state index contributed by atoms with van der Waals surface area (Å²) < 4.78 is 31.8. The molecule has 1 amide bonds. The zero-order valence-corrected chi connectivity index (χ0v) is 15.0. The van der Waals surface area contributed by atoms with E-state index in [1.165, 1.54) is 11.4 Å². The summed E-state index contributed by atoms with van der Waals surface area (Å²) >= 11 is 0. The van der Waals surface area contributed by atoms with Crippen LogP contribution in [0, 0.1) is 0 Å². The van der Waals surface area contributed by atoms with Crippen LogP contribution in [0.15, 0.2) is 29.2 Å². The number of sulfonamides is 1. The molecule has 0 unspecified atom stereocenters. The topological polar surface area (TPSA) is 79.0 Å². The van der Waals surface area contributed by atoms with Crippen molar-refractivity contribution in [3.05, 3.63) is 24.3 Å². The Morgan fingerprint density at radius 2 is 1.79 bits per heavy atom. The molecule has 1 N–H and O–H groups in total. The summed E-state index contributed by atoms with van der Waals surface area (Å²) in [4.78, 5) is 14.1. The highest BCUT2D eigenvalue weighted by Crippen LogP contribution is 2.20. The lowest BCUT2D eigenvalue weighted by molar-refractivity contribution is -0.132. The minimum atomic E-state index is -3.53. The zero-order chi connectivity index (χ0) is 17.6. The van der Waals surface area contributed by atoms with Crippen LogP contribution in [-0.4, -0.2) is 70.4 Å². The lowest BCUT2D eigenvalue weighted by Gasteiger charge is -2.34. The maximum atomic E-state index is 12.6. The van der Waals surface area contributed by atoms with Crippen molar-refractivity contribution in [2.45, 2.75) is 17.7 Å². The van der Waals surface area contributed by atoms with Crippen LogP contribution < -0.4 is 10.1 Å². The van der Waals surface area contributed by atoms with E-state index < -0.39 is 10.0 Å². The summed E-state index contributed by atoms with van der Waals surface area (Å²) in [6.07, 6.45) is 1.28. The van der Waals surface area contributed by atoms with E-state index in [9.17, 15) is 13.2 Å². The maximum absolute atomic E-state index is 12.6. The largest absolute Gasteiger partial charge is 0.497 e. The number of carbonyl (C=O) groups is 1. The molecule has 8 heteroatoms. The fourth-order valence-electron chi connectivity index (χ4n) is 2.65. The average Bonchev–Trinajstić information content (AvgIpc) is 2.62. The number of benzene rings is 1. The van der Waals surface area contributed by atoms with Crippen LogP contribution >= 0.6 is 0 Å². The average molecular weight is 355 g/mol. The minimum absolute atomic E-state index is 0.0896. The monoisotopic (exact) mass is 355 g/mol. The van der Waals surface area contributed by atoms with Gasteiger partial charge in [0.2, 0.25) is 15.9 Å². The van der Waals surface area contributed by atoms with Crippen molar-refractivity contribution in [2.24, 2.45) is 0 Å². The summed E-state index contributed by atoms with van der Waals surface area (Å²) in [5, 5.41) is 3.01. The van der Waals surface area contributed by atoms with E-state index in [-0.39, 0.29) is 10.8 Å². The smallest absolute Gasteiger partial charge is 0.243 e. The summed E-state index contributed by atoms with van der Waals surface area (Å²) in [6.45, 7) is 2.33. The van der Waals surface area contributed by atoms with Crippen LogP contribution in [0.5, 0.6) is 5.75 Å². The van der Waals surface area contributed by atoms with Crippen molar-refractivity contribution in [1.29, 1.82) is 0 Å². The zero-order valence-electron chi connectivity index (χ0n) is 14.2. The van der Waals surface area contributed by atoms with Gasteiger partial charge in [-0.3, -0.25) is 4.79 Å². The number of carbonyl (C=O) groups excluding carboxylic acids is 1. The molecule has 0 radical (unpaired) electrons. The van der Waals surface area contributed by atoms with Crippen molar-refractivity contribution in [3.63, 3.8) is 0 Å². The quantitative estimate of drug-likeness (QED) is 0.722. The molecular formula is C16H25N3O4S. The second kappa shape index (κ2) is 8.46. The number of amides is 1. The van der Waals surface area contributed by atoms with Crippen molar-refractivity contribution in [2.75, 3.05) is 46.9 Å². The van der Waals surface area contributed by atoms with Crippen LogP contribution in [0.1, 0.15) is 12.8 Å². The van der Waals surface area contributed by atoms with E-state index in [2.05, 4.69) is 5.32 Å². The van der Waals surface area contributed by atoms with Gasteiger partial charge in [-0.05, 0) is 44.3 Å². The van der Waals surface area contributed by atoms with Crippen molar-refractivity contribution in [3.8, 4) is 5.75 Å². The molecule has 0 atom stereocenters.